The summed E-state index contributed by atoms with van der Waals surface area (Å²) in [5, 5.41) is 1.96. The molecular weight excluding hydrogens is 1070 g/mol. The number of para-hydroxylation sites is 3. The van der Waals surface area contributed by atoms with E-state index in [1.807, 2.05) is 47.0 Å². The van der Waals surface area contributed by atoms with Crippen LogP contribution in [-0.2, 0) is 36.6 Å². The zero-order chi connectivity index (χ0) is 52.7. The molecule has 8 aromatic carbocycles. The molecule has 0 N–H and O–H groups in total. The van der Waals surface area contributed by atoms with Gasteiger partial charge in [0.25, 0.3) is 0 Å². The Balaban J connectivity index is 0.966. The minimum Gasteiger partial charge on any atom is -0.238 e. The molecule has 0 saturated carbocycles. The van der Waals surface area contributed by atoms with Gasteiger partial charge in [0, 0.05) is 15.9 Å². The normalized spacial score (nSPS) is 14.8. The van der Waals surface area contributed by atoms with Crippen molar-refractivity contribution in [2.75, 3.05) is 0 Å². The Labute approximate surface area is 444 Å². The van der Waals surface area contributed by atoms with Crippen LogP contribution in [0.1, 0.15) is 92.4 Å². The molecule has 0 bridgehead atoms. The smallest absolute Gasteiger partial charge is 0.238 e. The zero-order valence-corrected chi connectivity index (χ0v) is 44.3. The van der Waals surface area contributed by atoms with Crippen molar-refractivity contribution < 1.29 is 28.2 Å². The first kappa shape index (κ1) is 43.3. The molecule has 364 valence electrons. The molecule has 11 aromatic rings. The molecule has 1 aliphatic rings. The van der Waals surface area contributed by atoms with Crippen LogP contribution in [-0.4, -0.2) is 18.7 Å². The number of imidazole rings is 1. The van der Waals surface area contributed by atoms with E-state index in [1.165, 1.54) is 38.9 Å². The maximum absolute atomic E-state index is 8.71. The van der Waals surface area contributed by atoms with Crippen LogP contribution in [0.4, 0.5) is 0 Å². The van der Waals surface area contributed by atoms with Crippen molar-refractivity contribution in [2.24, 2.45) is 0 Å². The van der Waals surface area contributed by atoms with Crippen molar-refractivity contribution in [3.05, 3.63) is 226 Å². The quantitative estimate of drug-likeness (QED) is 0.142. The summed E-state index contributed by atoms with van der Waals surface area (Å²) in [6.07, 6.45) is 4.63. The fourth-order valence-corrected chi connectivity index (χ4v) is 12.0. The third kappa shape index (κ3) is 8.42. The van der Waals surface area contributed by atoms with Crippen LogP contribution < -0.4 is 4.74 Å². The molecular formula is C67H58N4OPt-2. The summed E-state index contributed by atoms with van der Waals surface area (Å²) in [7, 11) is 0. The number of aryl methyl sites for hydroxylation is 2. The molecule has 1 atom stereocenters. The molecule has 6 heteroatoms. The molecule has 3 aromatic heterocycles. The van der Waals surface area contributed by atoms with Crippen molar-refractivity contribution in [3.63, 3.8) is 0 Å². The predicted molar refractivity (Wildman–Crippen MR) is 297 cm³/mol. The minimum absolute atomic E-state index is 0.0213. The van der Waals surface area contributed by atoms with Gasteiger partial charge in [-0.2, -0.15) is 0 Å². The van der Waals surface area contributed by atoms with Gasteiger partial charge in [-0.1, -0.05) is 63.2 Å². The van der Waals surface area contributed by atoms with Crippen molar-refractivity contribution >= 4 is 32.8 Å². The van der Waals surface area contributed by atoms with Gasteiger partial charge in [0.2, 0.25) is 0 Å². The van der Waals surface area contributed by atoms with Gasteiger partial charge in [-0.25, -0.2) is 4.98 Å². The Hall–Kier alpha value is -7.33. The van der Waals surface area contributed by atoms with Gasteiger partial charge >= 0.3 is 321 Å². The SMILES string of the molecule is [2H]C([2H])([2H])c1cc(-n2c3[c-]c(Oc4[c-]c5c(cc4)CCCC5n4[c](=[Pt])n(-c5c(-c6ccccc6)cc(C(C)(C)C)cc5-c5ccccc5)c5ccccc54)ccc3c3ccccc32)ncc1-c1ccc(C(C)(C)C)cc1. The number of nitrogens with zero attached hydrogens (tertiary/aromatic N) is 4. The van der Waals surface area contributed by atoms with E-state index in [9.17, 15) is 0 Å². The number of fused-ring (bicyclic) bond motifs is 5. The summed E-state index contributed by atoms with van der Waals surface area (Å²) in [5.41, 5.74) is 16.1. The topological polar surface area (TPSA) is 36.9 Å². The second-order valence-electron chi connectivity index (χ2n) is 21.5. The Morgan fingerprint density at radius 2 is 1.19 bits per heavy atom. The molecule has 73 heavy (non-hydrogen) atoms. The summed E-state index contributed by atoms with van der Waals surface area (Å²) in [5.74, 6) is 1.61. The molecule has 0 saturated heterocycles. The van der Waals surface area contributed by atoms with Crippen molar-refractivity contribution in [2.45, 2.75) is 84.5 Å². The summed E-state index contributed by atoms with van der Waals surface area (Å²) in [6, 6.07) is 68.9. The van der Waals surface area contributed by atoms with E-state index in [0.717, 1.165) is 72.7 Å². The van der Waals surface area contributed by atoms with E-state index in [4.69, 9.17) is 13.8 Å². The Kier molecular flexibility index (Phi) is 10.8. The summed E-state index contributed by atoms with van der Waals surface area (Å²) < 4.78 is 41.1. The van der Waals surface area contributed by atoms with E-state index in [1.54, 1.807) is 12.3 Å². The average Bonchev–Trinajstić information content (AvgIpc) is 3.90. The van der Waals surface area contributed by atoms with Gasteiger partial charge in [0.05, 0.1) is 0 Å². The van der Waals surface area contributed by atoms with Gasteiger partial charge in [0.15, 0.2) is 0 Å². The van der Waals surface area contributed by atoms with Crippen LogP contribution >= 0.6 is 0 Å². The van der Waals surface area contributed by atoms with Crippen molar-refractivity contribution in [1.29, 1.82) is 0 Å². The third-order valence-electron chi connectivity index (χ3n) is 14.7. The fourth-order valence-electron chi connectivity index (χ4n) is 10.8. The first-order valence-electron chi connectivity index (χ1n) is 26.8. The monoisotopic (exact) mass is 1130 g/mol. The number of hydrogen-bond donors (Lipinski definition) is 0. The molecule has 1 aliphatic carbocycles. The Morgan fingerprint density at radius 1 is 0.589 bits per heavy atom. The second kappa shape index (κ2) is 18.3. The number of ether oxygens (including phenoxy) is 1. The number of hydrogen-bond acceptors (Lipinski definition) is 2. The first-order valence-corrected chi connectivity index (χ1v) is 26.4. The number of benzene rings is 8. The van der Waals surface area contributed by atoms with Crippen LogP contribution in [0.5, 0.6) is 11.5 Å². The van der Waals surface area contributed by atoms with Crippen molar-refractivity contribution in [1.82, 2.24) is 18.7 Å². The molecule has 5 nitrogen and oxygen atoms in total. The van der Waals surface area contributed by atoms with E-state index in [-0.39, 0.29) is 22.4 Å². The van der Waals surface area contributed by atoms with Gasteiger partial charge in [-0.05, 0) is 41.1 Å². The van der Waals surface area contributed by atoms with Gasteiger partial charge in [-0.15, -0.1) is 0 Å². The molecule has 3 heterocycles. The van der Waals surface area contributed by atoms with E-state index in [0.29, 0.717) is 22.9 Å². The van der Waals surface area contributed by atoms with Crippen LogP contribution in [0.3, 0.4) is 0 Å². The van der Waals surface area contributed by atoms with Gasteiger partial charge in [0.1, 0.15) is 0 Å². The predicted octanol–water partition coefficient (Wildman–Crippen LogP) is 17.2. The number of aromatic nitrogens is 4. The van der Waals surface area contributed by atoms with Crippen LogP contribution in [0.25, 0.3) is 77.7 Å². The molecule has 1 unspecified atom stereocenters. The van der Waals surface area contributed by atoms with Gasteiger partial charge in [-0.3, -0.25) is 0 Å². The first-order chi connectivity index (χ1) is 36.5. The van der Waals surface area contributed by atoms with Crippen molar-refractivity contribution in [3.8, 4) is 56.4 Å². The number of rotatable bonds is 8. The van der Waals surface area contributed by atoms with E-state index >= 15 is 0 Å². The Bertz CT molecular complexity index is 4020. The third-order valence-corrected chi connectivity index (χ3v) is 15.7. The van der Waals surface area contributed by atoms with Crippen LogP contribution in [0.2, 0.25) is 0 Å². The molecule has 0 amide bonds. The summed E-state index contributed by atoms with van der Waals surface area (Å²) >= 11 is 2.57. The summed E-state index contributed by atoms with van der Waals surface area (Å²) in [4.78, 5) is 4.99. The molecule has 0 fully saturated rings. The molecule has 0 aliphatic heterocycles. The number of pyridine rings is 1. The fraction of sp³-hybridized carbons (Fsp3) is 0.194. The van der Waals surface area contributed by atoms with E-state index < -0.39 is 6.85 Å². The van der Waals surface area contributed by atoms with Crippen LogP contribution in [0, 0.1) is 22.8 Å². The standard InChI is InChI=1S/C67H58N4O.Pt/c1-44-37-64(68-42-58(44)48-29-32-49(33-30-48)66(2,3)4)71-60-25-15-14-24-53(60)54-36-35-52(41-63(54)71)72-51-34-31-47-23-18-28-59(55(47)40-51)69-43-70(62-27-17-16-26-61(62)69)65-56(45-19-10-8-11-20-45)38-50(67(5,6)7)39-57(65)46-21-12-9-13-22-46;/h8-17,19-22,24-27,29-39,42,59H,18,23,28H2,1-7H3;/q-2;/i1D3;. The summed E-state index contributed by atoms with van der Waals surface area (Å²) in [6.45, 7) is 11.0. The van der Waals surface area contributed by atoms with Crippen LogP contribution in [0.15, 0.2) is 182 Å². The molecule has 0 spiro atoms. The Morgan fingerprint density at radius 3 is 1.86 bits per heavy atom. The second-order valence-corrected chi connectivity index (χ2v) is 22.5. The molecule has 12 rings (SSSR count). The van der Waals surface area contributed by atoms with Gasteiger partial charge < -0.3 is 0 Å². The maximum atomic E-state index is 8.71. The minimum atomic E-state index is -2.40. The molecule has 0 radical (unpaired) electrons. The van der Waals surface area contributed by atoms with E-state index in [2.05, 4.69) is 210 Å². The zero-order valence-electron chi connectivity index (χ0n) is 45.0. The average molecular weight is 1130 g/mol.